The molecule has 1 fully saturated rings. The van der Waals surface area contributed by atoms with Gasteiger partial charge in [-0.25, -0.2) is 4.99 Å². The molecule has 8 heteroatoms. The number of benzene rings is 2. The van der Waals surface area contributed by atoms with Gasteiger partial charge >= 0.3 is 0 Å². The zero-order valence-electron chi connectivity index (χ0n) is 19.0. The topological polar surface area (TPSA) is 71.4 Å². The molecule has 2 amide bonds. The Kier molecular flexibility index (Phi) is 7.03. The fraction of sp³-hybridized carbons (Fsp3) is 0.320. The Balaban J connectivity index is 1.65. The maximum atomic E-state index is 13.4. The van der Waals surface area contributed by atoms with Crippen LogP contribution in [0.15, 0.2) is 59.2 Å². The van der Waals surface area contributed by atoms with Crippen molar-refractivity contribution in [3.8, 4) is 11.5 Å². The van der Waals surface area contributed by atoms with E-state index in [0.717, 1.165) is 37.2 Å². The third-order valence-electron chi connectivity index (χ3n) is 5.61. The summed E-state index contributed by atoms with van der Waals surface area (Å²) in [5.41, 5.74) is 1.79. The predicted octanol–water partition coefficient (Wildman–Crippen LogP) is 4.19. The smallest absolute Gasteiger partial charge is 0.283 e. The number of anilines is 1. The van der Waals surface area contributed by atoms with Crippen LogP contribution in [0.3, 0.4) is 0 Å². The van der Waals surface area contributed by atoms with Gasteiger partial charge in [-0.2, -0.15) is 0 Å². The van der Waals surface area contributed by atoms with E-state index in [0.29, 0.717) is 22.3 Å². The Bertz CT molecular complexity index is 1090. The highest BCUT2D eigenvalue weighted by molar-refractivity contribution is 8.15. The minimum Gasteiger partial charge on any atom is -0.497 e. The lowest BCUT2D eigenvalue weighted by Gasteiger charge is -2.23. The van der Waals surface area contributed by atoms with Crippen LogP contribution in [0.5, 0.6) is 11.5 Å². The lowest BCUT2D eigenvalue weighted by molar-refractivity contribution is -0.129. The monoisotopic (exact) mass is 465 g/mol. The number of aliphatic imine (C=N–C) groups is 1. The molecule has 7 nitrogen and oxygen atoms in total. The number of methoxy groups -OCH3 is 2. The number of hydrogen-bond donors (Lipinski definition) is 0. The number of rotatable bonds is 6. The highest BCUT2D eigenvalue weighted by Crippen LogP contribution is 2.33. The largest absolute Gasteiger partial charge is 0.497 e. The van der Waals surface area contributed by atoms with Crippen LogP contribution in [0.25, 0.3) is 6.08 Å². The van der Waals surface area contributed by atoms with E-state index in [2.05, 4.69) is 4.99 Å². The summed E-state index contributed by atoms with van der Waals surface area (Å²) in [5, 5.41) is 0.121. The van der Waals surface area contributed by atoms with Crippen LogP contribution in [-0.2, 0) is 9.59 Å². The van der Waals surface area contributed by atoms with E-state index in [1.165, 1.54) is 11.8 Å². The van der Waals surface area contributed by atoms with Crippen LogP contribution in [0.4, 0.5) is 5.69 Å². The summed E-state index contributed by atoms with van der Waals surface area (Å²) in [5.74, 6) is 1.20. The maximum Gasteiger partial charge on any atom is 0.283 e. The summed E-state index contributed by atoms with van der Waals surface area (Å²) < 4.78 is 10.6. The maximum absolute atomic E-state index is 13.4. The molecule has 0 aromatic heterocycles. The Morgan fingerprint density at radius 3 is 2.42 bits per heavy atom. The molecule has 0 aliphatic carbocycles. The fourth-order valence-electron chi connectivity index (χ4n) is 3.81. The van der Waals surface area contributed by atoms with Crippen molar-refractivity contribution >= 4 is 40.5 Å². The summed E-state index contributed by atoms with van der Waals surface area (Å²) in [6.45, 7) is 3.45. The molecule has 1 saturated heterocycles. The molecule has 0 N–H and O–H groups in total. The first-order chi connectivity index (χ1) is 16.0. The zero-order valence-corrected chi connectivity index (χ0v) is 19.8. The molecule has 4 rings (SSSR count). The number of carbonyl (C=O) groups is 2. The Hall–Kier alpha value is -3.26. The number of nitrogens with zero attached hydrogens (tertiary/aromatic N) is 3. The quantitative estimate of drug-likeness (QED) is 0.598. The van der Waals surface area contributed by atoms with E-state index >= 15 is 0 Å². The highest BCUT2D eigenvalue weighted by atomic mass is 32.2. The standard InChI is InChI=1S/C25H27N3O4S/c1-17(23(29)27-13-4-5-14-27)33-25-26-22(15-18-9-11-20(31-2)12-10-18)24(30)28(25)19-7-6-8-21(16-19)32-3/h6-12,15-17H,4-5,13-14H2,1-3H3/b22-15-. The van der Waals surface area contributed by atoms with Crippen molar-refractivity contribution in [3.63, 3.8) is 0 Å². The van der Waals surface area contributed by atoms with Gasteiger partial charge in [0.25, 0.3) is 5.91 Å². The van der Waals surface area contributed by atoms with Crippen molar-refractivity contribution in [2.24, 2.45) is 4.99 Å². The molecule has 2 aliphatic heterocycles. The number of amidine groups is 1. The van der Waals surface area contributed by atoms with Gasteiger partial charge in [-0.15, -0.1) is 0 Å². The van der Waals surface area contributed by atoms with Crippen LogP contribution < -0.4 is 14.4 Å². The van der Waals surface area contributed by atoms with Crippen molar-refractivity contribution in [1.29, 1.82) is 0 Å². The molecule has 33 heavy (non-hydrogen) atoms. The number of likely N-dealkylation sites (tertiary alicyclic amines) is 1. The van der Waals surface area contributed by atoms with Gasteiger partial charge in [-0.05, 0) is 55.7 Å². The van der Waals surface area contributed by atoms with Crippen molar-refractivity contribution in [2.75, 3.05) is 32.2 Å². The molecule has 2 aromatic rings. The van der Waals surface area contributed by atoms with Gasteiger partial charge in [0.15, 0.2) is 5.17 Å². The third-order valence-corrected chi connectivity index (χ3v) is 6.65. The molecule has 0 saturated carbocycles. The van der Waals surface area contributed by atoms with Gasteiger partial charge in [-0.3, -0.25) is 14.5 Å². The predicted molar refractivity (Wildman–Crippen MR) is 132 cm³/mol. The first kappa shape index (κ1) is 22.9. The van der Waals surface area contributed by atoms with Crippen LogP contribution in [0.2, 0.25) is 0 Å². The highest BCUT2D eigenvalue weighted by Gasteiger charge is 2.35. The molecular weight excluding hydrogens is 438 g/mol. The molecule has 1 unspecified atom stereocenters. The minimum absolute atomic E-state index is 0.0748. The SMILES string of the molecule is COc1ccc(/C=C2\N=C(SC(C)C(=O)N3CCCC3)N(c3cccc(OC)c3)C2=O)cc1. The molecule has 2 aliphatic rings. The van der Waals surface area contributed by atoms with E-state index < -0.39 is 0 Å². The van der Waals surface area contributed by atoms with Gasteiger partial charge < -0.3 is 14.4 Å². The van der Waals surface area contributed by atoms with E-state index in [1.54, 1.807) is 31.3 Å². The van der Waals surface area contributed by atoms with Crippen molar-refractivity contribution in [2.45, 2.75) is 25.0 Å². The summed E-state index contributed by atoms with van der Waals surface area (Å²) in [4.78, 5) is 34.4. The van der Waals surface area contributed by atoms with E-state index in [4.69, 9.17) is 9.47 Å². The molecule has 172 valence electrons. The Morgan fingerprint density at radius 2 is 1.76 bits per heavy atom. The average Bonchev–Trinajstić information content (AvgIpc) is 3.48. The second-order valence-corrected chi connectivity index (χ2v) is 9.14. The number of amides is 2. The van der Waals surface area contributed by atoms with Crippen LogP contribution in [-0.4, -0.2) is 54.4 Å². The van der Waals surface area contributed by atoms with Gasteiger partial charge in [-0.1, -0.05) is 30.0 Å². The summed E-state index contributed by atoms with van der Waals surface area (Å²) in [6.07, 6.45) is 3.82. The minimum atomic E-state index is -0.358. The van der Waals surface area contributed by atoms with Crippen molar-refractivity contribution < 1.29 is 19.1 Å². The van der Waals surface area contributed by atoms with E-state index in [9.17, 15) is 9.59 Å². The normalized spacial score (nSPS) is 18.0. The third kappa shape index (κ3) is 5.06. The molecular formula is C25H27N3O4S. The van der Waals surface area contributed by atoms with Gasteiger partial charge in [0, 0.05) is 19.2 Å². The number of ether oxygens (including phenoxy) is 2. The van der Waals surface area contributed by atoms with Crippen LogP contribution in [0, 0.1) is 0 Å². The summed E-state index contributed by atoms with van der Waals surface area (Å²) in [7, 11) is 3.19. The first-order valence-electron chi connectivity index (χ1n) is 10.9. The molecule has 0 spiro atoms. The van der Waals surface area contributed by atoms with Crippen molar-refractivity contribution in [1.82, 2.24) is 4.90 Å². The first-order valence-corrected chi connectivity index (χ1v) is 11.8. The zero-order chi connectivity index (χ0) is 23.4. The van der Waals surface area contributed by atoms with E-state index in [1.807, 2.05) is 54.3 Å². The second-order valence-electron chi connectivity index (χ2n) is 7.83. The van der Waals surface area contributed by atoms with Gasteiger partial charge in [0.2, 0.25) is 5.91 Å². The molecule has 2 heterocycles. The Labute approximate surface area is 198 Å². The Morgan fingerprint density at radius 1 is 1.06 bits per heavy atom. The number of thioether (sulfide) groups is 1. The van der Waals surface area contributed by atoms with E-state index in [-0.39, 0.29) is 17.1 Å². The van der Waals surface area contributed by atoms with Crippen LogP contribution >= 0.6 is 11.8 Å². The lowest BCUT2D eigenvalue weighted by atomic mass is 10.2. The fourth-order valence-corrected chi connectivity index (χ4v) is 4.82. The average molecular weight is 466 g/mol. The lowest BCUT2D eigenvalue weighted by Crippen LogP contribution is -2.37. The number of hydrogen-bond acceptors (Lipinski definition) is 6. The second kappa shape index (κ2) is 10.1. The van der Waals surface area contributed by atoms with Gasteiger partial charge in [0.1, 0.15) is 17.2 Å². The molecule has 0 radical (unpaired) electrons. The van der Waals surface area contributed by atoms with Crippen molar-refractivity contribution in [3.05, 3.63) is 59.8 Å². The summed E-state index contributed by atoms with van der Waals surface area (Å²) >= 11 is 1.30. The molecule has 2 aromatic carbocycles. The van der Waals surface area contributed by atoms with Crippen LogP contribution in [0.1, 0.15) is 25.3 Å². The molecule has 1 atom stereocenters. The van der Waals surface area contributed by atoms with Gasteiger partial charge in [0.05, 0.1) is 25.2 Å². The molecule has 0 bridgehead atoms. The number of carbonyl (C=O) groups excluding carboxylic acids is 2. The summed E-state index contributed by atoms with van der Waals surface area (Å²) in [6, 6.07) is 14.7.